The van der Waals surface area contributed by atoms with Gasteiger partial charge in [0.2, 0.25) is 5.91 Å². The number of hydrogen-bond acceptors (Lipinski definition) is 5. The monoisotopic (exact) mass is 438 g/mol. The molecule has 6 heteroatoms. The molecule has 1 saturated carbocycles. The number of phenols is 1. The second-order valence-electron chi connectivity index (χ2n) is 9.12. The molecule has 0 radical (unpaired) electrons. The highest BCUT2D eigenvalue weighted by molar-refractivity contribution is 8.15. The number of hydrogen-bond donors (Lipinski definition) is 2. The van der Waals surface area contributed by atoms with Crippen LogP contribution in [0.15, 0.2) is 30.3 Å². The van der Waals surface area contributed by atoms with Crippen molar-refractivity contribution in [3.05, 3.63) is 52.6 Å². The van der Waals surface area contributed by atoms with E-state index in [1.165, 1.54) is 18.5 Å². The maximum Gasteiger partial charge on any atom is 0.286 e. The van der Waals surface area contributed by atoms with Gasteiger partial charge in [0.05, 0.1) is 5.25 Å². The minimum absolute atomic E-state index is 0.199. The lowest BCUT2D eigenvalue weighted by atomic mass is 9.98. The van der Waals surface area contributed by atoms with Crippen LogP contribution in [0.25, 0.3) is 0 Å². The summed E-state index contributed by atoms with van der Waals surface area (Å²) in [5, 5.41) is 12.1. The molecular formula is C25H30N2O3S. The number of benzene rings is 2. The molecule has 2 aromatic rings. The Morgan fingerprint density at radius 2 is 1.81 bits per heavy atom. The first kappa shape index (κ1) is 21.8. The van der Waals surface area contributed by atoms with Gasteiger partial charge in [-0.2, -0.15) is 0 Å². The standard InChI is InChI=1S/C25H30N2O3S/c1-14(2)20-12-19(7-8-21(20)28)27(13-17-5-6-17)23-15(3)9-18(10-16(23)4)11-22-24(29)26-25(30)31-22/h7-10,12,14,17,22,28H,5-6,11,13H2,1-4H3,(H,26,29,30). The maximum absolute atomic E-state index is 12.0. The molecule has 2 fully saturated rings. The summed E-state index contributed by atoms with van der Waals surface area (Å²) >= 11 is 1.08. The molecule has 31 heavy (non-hydrogen) atoms. The molecule has 1 aliphatic carbocycles. The molecule has 1 saturated heterocycles. The van der Waals surface area contributed by atoms with Crippen molar-refractivity contribution in [2.24, 2.45) is 5.92 Å². The fourth-order valence-corrected chi connectivity index (χ4v) is 5.25. The van der Waals surface area contributed by atoms with Crippen molar-refractivity contribution in [1.29, 1.82) is 0 Å². The van der Waals surface area contributed by atoms with E-state index in [-0.39, 0.29) is 22.3 Å². The number of aromatic hydroxyl groups is 1. The van der Waals surface area contributed by atoms with Crippen LogP contribution in [0.4, 0.5) is 16.2 Å². The summed E-state index contributed by atoms with van der Waals surface area (Å²) in [7, 11) is 0. The molecule has 2 aromatic carbocycles. The summed E-state index contributed by atoms with van der Waals surface area (Å²) in [6.07, 6.45) is 3.05. The number of aryl methyl sites for hydroxylation is 2. The highest BCUT2D eigenvalue weighted by Crippen LogP contribution is 2.40. The van der Waals surface area contributed by atoms with Gasteiger partial charge >= 0.3 is 0 Å². The van der Waals surface area contributed by atoms with Crippen LogP contribution in [0.3, 0.4) is 0 Å². The Bertz CT molecular complexity index is 1010. The Hall–Kier alpha value is -2.47. The second-order valence-corrected chi connectivity index (χ2v) is 10.3. The number of anilines is 2. The first-order valence-corrected chi connectivity index (χ1v) is 11.8. The van der Waals surface area contributed by atoms with Gasteiger partial charge in [-0.15, -0.1) is 0 Å². The van der Waals surface area contributed by atoms with Gasteiger partial charge in [-0.05, 0) is 85.4 Å². The Labute approximate surface area is 188 Å². The topological polar surface area (TPSA) is 69.6 Å². The largest absolute Gasteiger partial charge is 0.508 e. The lowest BCUT2D eigenvalue weighted by Gasteiger charge is -2.30. The van der Waals surface area contributed by atoms with Crippen LogP contribution in [-0.4, -0.2) is 28.0 Å². The van der Waals surface area contributed by atoms with E-state index < -0.39 is 0 Å². The molecule has 0 aromatic heterocycles. The number of nitrogens with one attached hydrogen (secondary N) is 1. The molecular weight excluding hydrogens is 408 g/mol. The molecule has 4 rings (SSSR count). The van der Waals surface area contributed by atoms with Gasteiger partial charge in [0.25, 0.3) is 5.24 Å². The SMILES string of the molecule is Cc1cc(CC2SC(=O)NC2=O)cc(C)c1N(CC1CC1)c1ccc(O)c(C(C)C)c1. The fraction of sp³-hybridized carbons (Fsp3) is 0.440. The van der Waals surface area contributed by atoms with E-state index in [1.54, 1.807) is 6.07 Å². The molecule has 5 nitrogen and oxygen atoms in total. The lowest BCUT2D eigenvalue weighted by molar-refractivity contribution is -0.118. The zero-order valence-electron chi connectivity index (χ0n) is 18.6. The minimum Gasteiger partial charge on any atom is -0.508 e. The van der Waals surface area contributed by atoms with E-state index in [0.717, 1.165) is 46.2 Å². The third-order valence-electron chi connectivity index (χ3n) is 6.09. The van der Waals surface area contributed by atoms with Crippen molar-refractivity contribution in [1.82, 2.24) is 5.32 Å². The third kappa shape index (κ3) is 4.74. The summed E-state index contributed by atoms with van der Waals surface area (Å²) in [5.41, 5.74) is 6.63. The van der Waals surface area contributed by atoms with E-state index in [9.17, 15) is 14.7 Å². The molecule has 164 valence electrons. The smallest absolute Gasteiger partial charge is 0.286 e. The summed E-state index contributed by atoms with van der Waals surface area (Å²) in [6, 6.07) is 10.2. The van der Waals surface area contributed by atoms with E-state index in [1.807, 2.05) is 6.07 Å². The van der Waals surface area contributed by atoms with Crippen LogP contribution in [0.5, 0.6) is 5.75 Å². The number of thioether (sulfide) groups is 1. The van der Waals surface area contributed by atoms with Crippen LogP contribution >= 0.6 is 11.8 Å². The zero-order chi connectivity index (χ0) is 22.3. The molecule has 1 unspecified atom stereocenters. The van der Waals surface area contributed by atoms with Crippen LogP contribution < -0.4 is 10.2 Å². The average molecular weight is 439 g/mol. The van der Waals surface area contributed by atoms with Crippen molar-refractivity contribution in [3.63, 3.8) is 0 Å². The Kier molecular flexibility index (Phi) is 6.02. The molecule has 2 aliphatic rings. The summed E-state index contributed by atoms with van der Waals surface area (Å²) in [4.78, 5) is 25.9. The Balaban J connectivity index is 1.68. The van der Waals surface area contributed by atoms with Gasteiger partial charge in [-0.25, -0.2) is 0 Å². The Morgan fingerprint density at radius 3 is 2.35 bits per heavy atom. The van der Waals surface area contributed by atoms with Gasteiger partial charge in [-0.3, -0.25) is 14.9 Å². The predicted octanol–water partition coefficient (Wildman–Crippen LogP) is 5.57. The van der Waals surface area contributed by atoms with Gasteiger partial charge in [0.1, 0.15) is 5.75 Å². The summed E-state index contributed by atoms with van der Waals surface area (Å²) in [6.45, 7) is 9.37. The van der Waals surface area contributed by atoms with Crippen molar-refractivity contribution < 1.29 is 14.7 Å². The quantitative estimate of drug-likeness (QED) is 0.591. The number of carbonyl (C=O) groups is 2. The number of rotatable bonds is 7. The number of nitrogens with zero attached hydrogens (tertiary/aromatic N) is 1. The Morgan fingerprint density at radius 1 is 1.13 bits per heavy atom. The van der Waals surface area contributed by atoms with Gasteiger partial charge in [0, 0.05) is 17.9 Å². The first-order valence-electron chi connectivity index (χ1n) is 10.9. The van der Waals surface area contributed by atoms with Crippen LogP contribution in [0, 0.1) is 19.8 Å². The van der Waals surface area contributed by atoms with Crippen LogP contribution in [0.2, 0.25) is 0 Å². The van der Waals surface area contributed by atoms with E-state index in [4.69, 9.17) is 0 Å². The predicted molar refractivity (Wildman–Crippen MR) is 126 cm³/mol. The molecule has 0 bridgehead atoms. The van der Waals surface area contributed by atoms with Crippen molar-refractivity contribution in [3.8, 4) is 5.75 Å². The molecule has 0 spiro atoms. The zero-order valence-corrected chi connectivity index (χ0v) is 19.4. The molecule has 2 N–H and O–H groups in total. The number of amides is 2. The van der Waals surface area contributed by atoms with Crippen LogP contribution in [-0.2, 0) is 11.2 Å². The van der Waals surface area contributed by atoms with Gasteiger partial charge in [0.15, 0.2) is 0 Å². The highest BCUT2D eigenvalue weighted by Gasteiger charge is 2.32. The highest BCUT2D eigenvalue weighted by atomic mass is 32.2. The van der Waals surface area contributed by atoms with Crippen molar-refractivity contribution in [2.45, 2.75) is 58.1 Å². The van der Waals surface area contributed by atoms with Crippen molar-refractivity contribution in [2.75, 3.05) is 11.4 Å². The van der Waals surface area contributed by atoms with Gasteiger partial charge < -0.3 is 10.0 Å². The summed E-state index contributed by atoms with van der Waals surface area (Å²) in [5.74, 6) is 1.08. The van der Waals surface area contributed by atoms with Crippen molar-refractivity contribution >= 4 is 34.3 Å². The van der Waals surface area contributed by atoms with Gasteiger partial charge in [-0.1, -0.05) is 37.7 Å². The van der Waals surface area contributed by atoms with Crippen LogP contribution in [0.1, 0.15) is 54.9 Å². The molecule has 1 heterocycles. The van der Waals surface area contributed by atoms with E-state index in [2.05, 4.69) is 56.1 Å². The fourth-order valence-electron chi connectivity index (χ4n) is 4.39. The average Bonchev–Trinajstić information content (AvgIpc) is 3.44. The number of phenolic OH excluding ortho intramolecular Hbond substituents is 1. The van der Waals surface area contributed by atoms with E-state index in [0.29, 0.717) is 18.1 Å². The molecule has 1 aliphatic heterocycles. The second kappa shape index (κ2) is 8.58. The normalized spacial score (nSPS) is 18.5. The number of carbonyl (C=O) groups excluding carboxylic acids is 2. The third-order valence-corrected chi connectivity index (χ3v) is 7.07. The first-order chi connectivity index (χ1) is 14.7. The maximum atomic E-state index is 12.0. The minimum atomic E-state index is -0.356. The molecule has 1 atom stereocenters. The van der Waals surface area contributed by atoms with E-state index >= 15 is 0 Å². The molecule has 2 amide bonds. The summed E-state index contributed by atoms with van der Waals surface area (Å²) < 4.78 is 0. The number of imide groups is 1. The lowest BCUT2D eigenvalue weighted by Crippen LogP contribution is -2.25.